The number of aliphatic hydroxyl groups excluding tert-OH is 4. The molecule has 0 amide bonds. The predicted molar refractivity (Wildman–Crippen MR) is 178 cm³/mol. The summed E-state index contributed by atoms with van der Waals surface area (Å²) in [5.74, 6) is -7.19. The van der Waals surface area contributed by atoms with Crippen molar-refractivity contribution in [2.75, 3.05) is 10.5 Å². The summed E-state index contributed by atoms with van der Waals surface area (Å²) in [6.07, 6.45) is 0. The normalized spacial score (nSPS) is 10.9. The summed E-state index contributed by atoms with van der Waals surface area (Å²) >= 11 is 0. The van der Waals surface area contributed by atoms with Crippen molar-refractivity contribution < 1.29 is 74.6 Å². The van der Waals surface area contributed by atoms with Gasteiger partial charge in [0.1, 0.15) is 11.4 Å². The first-order valence-corrected chi connectivity index (χ1v) is 17.4. The number of hydrogen-bond donors (Lipinski definition) is 8. The van der Waals surface area contributed by atoms with Crippen molar-refractivity contribution in [1.29, 1.82) is 0 Å². The number of nitrogens with two attached hydrogens (primary N) is 1. The van der Waals surface area contributed by atoms with Crippen molar-refractivity contribution >= 4 is 53.1 Å². The van der Waals surface area contributed by atoms with Crippen LogP contribution in [0.3, 0.4) is 0 Å². The highest BCUT2D eigenvalue weighted by Gasteiger charge is 2.24. The number of carboxylic acid groups (broad SMARTS) is 2. The standard InChI is InChI=1S/C15H13F2NO6S.C8H9F2NO2.C7H5ClO4S.CH4/c16-12-9(6-19)4-10(7-20)13(17)14(12)18-25(23,24)11-3-1-2-8(5-11)15(21)22;9-6-4(2-12)1-5(3-13)7(10)8(6)11;8-13(11,12)6-3-1-2-5(4-6)7(9)10;/h1-5,18-20H,6-7H2,(H,21,22);1,12-13H,2-3,11H2;1-4H,(H,9,10);1H4. The number of aliphatic hydroxyl groups is 4. The minimum absolute atomic E-state index is 0. The van der Waals surface area contributed by atoms with Crippen LogP contribution in [0.1, 0.15) is 50.4 Å². The quantitative estimate of drug-likeness (QED) is 0.0643. The number of halogens is 5. The third kappa shape index (κ3) is 11.3. The van der Waals surface area contributed by atoms with E-state index in [0.29, 0.717) is 0 Å². The Kier molecular flexibility index (Phi) is 16.6. The molecule has 0 spiro atoms. The molecule has 4 rings (SSSR count). The van der Waals surface area contributed by atoms with E-state index in [1.807, 2.05) is 0 Å². The largest absolute Gasteiger partial charge is 0.478 e. The van der Waals surface area contributed by atoms with Crippen LogP contribution in [0, 0.1) is 23.3 Å². The van der Waals surface area contributed by atoms with Gasteiger partial charge in [0.25, 0.3) is 19.1 Å². The lowest BCUT2D eigenvalue weighted by atomic mass is 10.1. The van der Waals surface area contributed by atoms with E-state index in [-0.39, 0.29) is 34.6 Å². The molecule has 0 heterocycles. The molecule has 0 aliphatic heterocycles. The zero-order valence-electron chi connectivity index (χ0n) is 25.5. The van der Waals surface area contributed by atoms with Crippen LogP contribution in [-0.4, -0.2) is 59.4 Å². The second kappa shape index (κ2) is 19.1. The number of nitrogen functional groups attached to an aromatic ring is 1. The highest BCUT2D eigenvalue weighted by Crippen LogP contribution is 2.29. The summed E-state index contributed by atoms with van der Waals surface area (Å²) in [5.41, 5.74) is 1.81. The minimum Gasteiger partial charge on any atom is -0.478 e. The van der Waals surface area contributed by atoms with E-state index in [9.17, 15) is 44.0 Å². The van der Waals surface area contributed by atoms with Gasteiger partial charge in [-0.2, -0.15) is 0 Å². The van der Waals surface area contributed by atoms with Crippen molar-refractivity contribution in [2.24, 2.45) is 0 Å². The molecule has 0 aromatic heterocycles. The fourth-order valence-electron chi connectivity index (χ4n) is 3.85. The van der Waals surface area contributed by atoms with Gasteiger partial charge in [-0.25, -0.2) is 44.0 Å². The zero-order chi connectivity index (χ0) is 38.8. The molecule has 0 saturated heterocycles. The summed E-state index contributed by atoms with van der Waals surface area (Å²) in [6.45, 7) is -2.85. The van der Waals surface area contributed by atoms with Crippen LogP contribution in [-0.2, 0) is 45.5 Å². The SMILES string of the molecule is C.Nc1c(F)c(CO)cc(CO)c1F.O=C(O)c1cccc(S(=O)(=O)Cl)c1.O=C(O)c1cccc(S(=O)(=O)Nc2c(F)c(CO)cc(CO)c2F)c1. The summed E-state index contributed by atoms with van der Waals surface area (Å²) < 4.78 is 102. The number of hydrogen-bond acceptors (Lipinski definition) is 11. The van der Waals surface area contributed by atoms with Gasteiger partial charge in [-0.15, -0.1) is 0 Å². The minimum atomic E-state index is -4.52. The van der Waals surface area contributed by atoms with Gasteiger partial charge in [-0.1, -0.05) is 19.6 Å². The highest BCUT2D eigenvalue weighted by molar-refractivity contribution is 8.13. The first-order valence-electron chi connectivity index (χ1n) is 13.6. The van der Waals surface area contributed by atoms with E-state index in [1.165, 1.54) is 18.2 Å². The molecule has 52 heavy (non-hydrogen) atoms. The smallest absolute Gasteiger partial charge is 0.335 e. The molecule has 284 valence electrons. The molecule has 0 atom stereocenters. The number of nitrogens with one attached hydrogen (secondary N) is 1. The predicted octanol–water partition coefficient (Wildman–Crippen LogP) is 3.93. The molecule has 4 aromatic carbocycles. The fraction of sp³-hybridized carbons (Fsp3) is 0.161. The number of rotatable bonds is 10. The third-order valence-corrected chi connectivity index (χ3v) is 9.11. The lowest BCUT2D eigenvalue weighted by Crippen LogP contribution is -2.17. The Morgan fingerprint density at radius 2 is 0.981 bits per heavy atom. The van der Waals surface area contributed by atoms with E-state index >= 15 is 0 Å². The molecule has 4 aromatic rings. The Bertz CT molecular complexity index is 2100. The number of benzene rings is 4. The lowest BCUT2D eigenvalue weighted by molar-refractivity contribution is 0.0685. The van der Waals surface area contributed by atoms with E-state index in [0.717, 1.165) is 42.5 Å². The maximum atomic E-state index is 14.2. The lowest BCUT2D eigenvalue weighted by Gasteiger charge is -2.14. The van der Waals surface area contributed by atoms with E-state index in [2.05, 4.69) is 0 Å². The Morgan fingerprint density at radius 3 is 1.33 bits per heavy atom. The van der Waals surface area contributed by atoms with Crippen LogP contribution < -0.4 is 10.5 Å². The first kappa shape index (κ1) is 45.2. The molecule has 14 nitrogen and oxygen atoms in total. The molecule has 0 saturated carbocycles. The summed E-state index contributed by atoms with van der Waals surface area (Å²) in [4.78, 5) is 20.6. The maximum absolute atomic E-state index is 14.2. The van der Waals surface area contributed by atoms with Gasteiger partial charge >= 0.3 is 11.9 Å². The van der Waals surface area contributed by atoms with Crippen LogP contribution in [0.15, 0.2) is 70.5 Å². The highest BCUT2D eigenvalue weighted by atomic mass is 35.7. The van der Waals surface area contributed by atoms with Crippen molar-refractivity contribution in [3.8, 4) is 0 Å². The van der Waals surface area contributed by atoms with Crippen LogP contribution >= 0.6 is 10.7 Å². The molecule has 9 N–H and O–H groups in total. The Labute approximate surface area is 298 Å². The van der Waals surface area contributed by atoms with Crippen LogP contribution in [0.5, 0.6) is 0 Å². The summed E-state index contributed by atoms with van der Waals surface area (Å²) in [7, 11) is -3.36. The second-order valence-electron chi connectivity index (χ2n) is 9.78. The zero-order valence-corrected chi connectivity index (χ0v) is 27.9. The molecular weight excluding hydrogens is 768 g/mol. The van der Waals surface area contributed by atoms with Gasteiger partial charge in [0.2, 0.25) is 0 Å². The number of aromatic carboxylic acids is 2. The van der Waals surface area contributed by atoms with Gasteiger partial charge in [0.15, 0.2) is 23.3 Å². The molecule has 0 bridgehead atoms. The Morgan fingerprint density at radius 1 is 0.635 bits per heavy atom. The van der Waals surface area contributed by atoms with Crippen molar-refractivity contribution in [3.05, 3.63) is 117 Å². The van der Waals surface area contributed by atoms with Crippen molar-refractivity contribution in [1.82, 2.24) is 0 Å². The molecule has 0 aliphatic carbocycles. The number of carbonyl (C=O) groups is 2. The molecule has 0 aliphatic rings. The van der Waals surface area contributed by atoms with Crippen LogP contribution in [0.2, 0.25) is 0 Å². The average molecular weight is 799 g/mol. The monoisotopic (exact) mass is 798 g/mol. The summed E-state index contributed by atoms with van der Waals surface area (Å²) in [5, 5.41) is 52.9. The van der Waals surface area contributed by atoms with Crippen molar-refractivity contribution in [3.63, 3.8) is 0 Å². The first-order chi connectivity index (χ1) is 23.7. The van der Waals surface area contributed by atoms with Gasteiger partial charge in [0, 0.05) is 32.9 Å². The molecule has 0 unspecified atom stereocenters. The van der Waals surface area contributed by atoms with Gasteiger partial charge in [-0.3, -0.25) is 4.72 Å². The third-order valence-electron chi connectivity index (χ3n) is 6.41. The molecule has 0 fully saturated rings. The van der Waals surface area contributed by atoms with E-state index < -0.39 is 108 Å². The van der Waals surface area contributed by atoms with Gasteiger partial charge in [-0.05, 0) is 48.5 Å². The fourth-order valence-corrected chi connectivity index (χ4v) is 5.76. The topological polar surface area (TPSA) is 262 Å². The molecule has 21 heteroatoms. The number of sulfonamides is 1. The van der Waals surface area contributed by atoms with Crippen molar-refractivity contribution in [2.45, 2.75) is 43.6 Å². The Balaban J connectivity index is 0.000000424. The average Bonchev–Trinajstić information content (AvgIpc) is 3.09. The second-order valence-corrected chi connectivity index (χ2v) is 14.0. The maximum Gasteiger partial charge on any atom is 0.335 e. The van der Waals surface area contributed by atoms with Gasteiger partial charge in [0.05, 0.1) is 47.3 Å². The van der Waals surface area contributed by atoms with Gasteiger partial charge < -0.3 is 36.4 Å². The number of carboxylic acids is 2. The van der Waals surface area contributed by atoms with Crippen LogP contribution in [0.4, 0.5) is 28.9 Å². The van der Waals surface area contributed by atoms with Crippen LogP contribution in [0.25, 0.3) is 0 Å². The molecule has 0 radical (unpaired) electrons. The van der Waals surface area contributed by atoms with E-state index in [4.69, 9.17) is 47.1 Å². The van der Waals surface area contributed by atoms with E-state index in [1.54, 1.807) is 4.72 Å². The number of anilines is 2. The molecular formula is C31H31ClF4N2O12S2. The Hall–Kier alpha value is -4.83. The summed E-state index contributed by atoms with van der Waals surface area (Å²) in [6, 6.07) is 10.9.